The lowest BCUT2D eigenvalue weighted by atomic mass is 10.2. The van der Waals surface area contributed by atoms with Gasteiger partial charge in [-0.05, 0) is 95.4 Å². The summed E-state index contributed by atoms with van der Waals surface area (Å²) in [6.07, 6.45) is 5.83. The molecule has 0 bridgehead atoms. The summed E-state index contributed by atoms with van der Waals surface area (Å²) in [7, 11) is 0. The summed E-state index contributed by atoms with van der Waals surface area (Å²) in [5.41, 5.74) is 7.50. The molecule has 0 fully saturated rings. The molecule has 0 aliphatic carbocycles. The van der Waals surface area contributed by atoms with E-state index in [2.05, 4.69) is 32.3 Å². The van der Waals surface area contributed by atoms with Crippen molar-refractivity contribution in [2.45, 2.75) is 38.5 Å². The summed E-state index contributed by atoms with van der Waals surface area (Å²) in [6, 6.07) is 10.1. The number of H-pyrrole nitrogens is 1. The van der Waals surface area contributed by atoms with Gasteiger partial charge in [-0.15, -0.1) is 0 Å². The molecule has 1 aromatic heterocycles. The molecule has 0 spiro atoms. The Morgan fingerprint density at radius 2 is 1.40 bits per heavy atom. The van der Waals surface area contributed by atoms with E-state index in [0.717, 1.165) is 101 Å². The van der Waals surface area contributed by atoms with Crippen LogP contribution in [0.25, 0.3) is 10.9 Å². The van der Waals surface area contributed by atoms with Crippen LogP contribution in [-0.4, -0.2) is 63.2 Å². The van der Waals surface area contributed by atoms with Gasteiger partial charge in [0.2, 0.25) is 5.91 Å². The Morgan fingerprint density at radius 1 is 0.800 bits per heavy atom. The second kappa shape index (κ2) is 15.8. The zero-order valence-electron chi connectivity index (χ0n) is 18.3. The molecule has 1 amide bonds. The fraction of sp³-hybridized carbons (Fsp3) is 0.609. The summed E-state index contributed by atoms with van der Waals surface area (Å²) in [4.78, 5) is 15.4. The molecule has 168 valence electrons. The number of benzene rings is 1. The van der Waals surface area contributed by atoms with Crippen molar-refractivity contribution in [1.82, 2.24) is 26.3 Å². The predicted molar refractivity (Wildman–Crippen MR) is 126 cm³/mol. The lowest BCUT2D eigenvalue weighted by molar-refractivity contribution is -0.120. The van der Waals surface area contributed by atoms with Crippen LogP contribution in [0.2, 0.25) is 0 Å². The SMILES string of the molecule is NCCCNCCCNCCCNCCCCNC(=O)Cc1cc2ccccc2[nH]1. The minimum Gasteiger partial charge on any atom is -0.358 e. The fourth-order valence-corrected chi connectivity index (χ4v) is 3.35. The zero-order chi connectivity index (χ0) is 21.3. The van der Waals surface area contributed by atoms with Crippen molar-refractivity contribution in [3.63, 3.8) is 0 Å². The van der Waals surface area contributed by atoms with E-state index in [1.807, 2.05) is 24.3 Å². The van der Waals surface area contributed by atoms with Gasteiger partial charge in [-0.25, -0.2) is 0 Å². The summed E-state index contributed by atoms with van der Waals surface area (Å²) >= 11 is 0. The van der Waals surface area contributed by atoms with E-state index < -0.39 is 0 Å². The van der Waals surface area contributed by atoms with Crippen molar-refractivity contribution < 1.29 is 4.79 Å². The van der Waals surface area contributed by atoms with Crippen LogP contribution >= 0.6 is 0 Å². The van der Waals surface area contributed by atoms with Crippen LogP contribution in [0.5, 0.6) is 0 Å². The highest BCUT2D eigenvalue weighted by Gasteiger charge is 2.05. The molecule has 0 aliphatic rings. The van der Waals surface area contributed by atoms with E-state index in [1.54, 1.807) is 0 Å². The molecule has 7 heteroatoms. The number of carbonyl (C=O) groups excluding carboxylic acids is 1. The van der Waals surface area contributed by atoms with Crippen molar-refractivity contribution >= 4 is 16.8 Å². The number of fused-ring (bicyclic) bond motifs is 1. The maximum Gasteiger partial charge on any atom is 0.225 e. The van der Waals surface area contributed by atoms with Gasteiger partial charge in [0, 0.05) is 17.8 Å². The maximum atomic E-state index is 12.1. The van der Waals surface area contributed by atoms with Crippen LogP contribution in [0.4, 0.5) is 0 Å². The van der Waals surface area contributed by atoms with Gasteiger partial charge in [0.25, 0.3) is 0 Å². The summed E-state index contributed by atoms with van der Waals surface area (Å²) in [5.74, 6) is 0.0789. The number of para-hydroxylation sites is 1. The Hall–Kier alpha value is -1.93. The van der Waals surface area contributed by atoms with Gasteiger partial charge in [-0.2, -0.15) is 0 Å². The first kappa shape index (κ1) is 24.3. The second-order valence-electron chi connectivity index (χ2n) is 7.71. The average molecular weight is 417 g/mol. The number of hydrogen-bond donors (Lipinski definition) is 6. The van der Waals surface area contributed by atoms with Crippen molar-refractivity contribution in [2.75, 3.05) is 52.4 Å². The lowest BCUT2D eigenvalue weighted by Crippen LogP contribution is -2.28. The number of carbonyl (C=O) groups is 1. The highest BCUT2D eigenvalue weighted by atomic mass is 16.1. The molecule has 1 heterocycles. The van der Waals surface area contributed by atoms with E-state index in [4.69, 9.17) is 5.73 Å². The monoisotopic (exact) mass is 416 g/mol. The lowest BCUT2D eigenvalue weighted by Gasteiger charge is -2.08. The molecule has 0 unspecified atom stereocenters. The first-order valence-electron chi connectivity index (χ1n) is 11.4. The zero-order valence-corrected chi connectivity index (χ0v) is 18.3. The van der Waals surface area contributed by atoms with Gasteiger partial charge in [0.05, 0.1) is 6.42 Å². The van der Waals surface area contributed by atoms with Crippen LogP contribution < -0.4 is 27.0 Å². The first-order valence-corrected chi connectivity index (χ1v) is 11.4. The molecule has 0 radical (unpaired) electrons. The number of unbranched alkanes of at least 4 members (excludes halogenated alkanes) is 1. The predicted octanol–water partition coefficient (Wildman–Crippen LogP) is 1.50. The van der Waals surface area contributed by atoms with Crippen LogP contribution in [0, 0.1) is 0 Å². The minimum atomic E-state index is 0.0789. The maximum absolute atomic E-state index is 12.1. The highest BCUT2D eigenvalue weighted by Crippen LogP contribution is 2.14. The normalized spacial score (nSPS) is 11.2. The van der Waals surface area contributed by atoms with Gasteiger partial charge < -0.3 is 32.0 Å². The van der Waals surface area contributed by atoms with Gasteiger partial charge in [-0.3, -0.25) is 4.79 Å². The Kier molecular flexibility index (Phi) is 12.9. The number of aromatic nitrogens is 1. The molecule has 1 aromatic carbocycles. The summed E-state index contributed by atoms with van der Waals surface area (Å²) in [5, 5.41) is 14.5. The van der Waals surface area contributed by atoms with Gasteiger partial charge in [-0.1, -0.05) is 18.2 Å². The minimum absolute atomic E-state index is 0.0789. The number of amides is 1. The molecule has 7 nitrogen and oxygen atoms in total. The van der Waals surface area contributed by atoms with Crippen molar-refractivity contribution in [1.29, 1.82) is 0 Å². The van der Waals surface area contributed by atoms with Crippen LogP contribution in [-0.2, 0) is 11.2 Å². The number of nitrogens with one attached hydrogen (secondary N) is 5. The molecule has 2 aromatic rings. The smallest absolute Gasteiger partial charge is 0.225 e. The Balaban J connectivity index is 1.34. The quantitative estimate of drug-likeness (QED) is 0.207. The molecule has 7 N–H and O–H groups in total. The average Bonchev–Trinajstić information content (AvgIpc) is 3.15. The Labute approximate surface area is 180 Å². The third-order valence-electron chi connectivity index (χ3n) is 5.01. The van der Waals surface area contributed by atoms with Gasteiger partial charge >= 0.3 is 0 Å². The van der Waals surface area contributed by atoms with Gasteiger partial charge in [0.15, 0.2) is 0 Å². The standard InChI is InChI=1S/C23H40N6O/c24-10-5-12-26-14-7-16-27-15-6-13-25-11-3-4-17-28-23(30)19-21-18-20-8-1-2-9-22(20)29-21/h1-2,8-9,18,25-27,29H,3-7,10-17,19,24H2,(H,28,30). The van der Waals surface area contributed by atoms with Crippen LogP contribution in [0.1, 0.15) is 37.8 Å². The largest absolute Gasteiger partial charge is 0.358 e. The third-order valence-corrected chi connectivity index (χ3v) is 5.01. The van der Waals surface area contributed by atoms with Crippen molar-refractivity contribution in [2.24, 2.45) is 5.73 Å². The van der Waals surface area contributed by atoms with Crippen molar-refractivity contribution in [3.05, 3.63) is 36.0 Å². The topological polar surface area (TPSA) is 107 Å². The van der Waals surface area contributed by atoms with Crippen LogP contribution in [0.3, 0.4) is 0 Å². The highest BCUT2D eigenvalue weighted by molar-refractivity contribution is 5.84. The van der Waals surface area contributed by atoms with Gasteiger partial charge in [0.1, 0.15) is 0 Å². The molecule has 0 saturated carbocycles. The molecule has 0 saturated heterocycles. The molecule has 0 aliphatic heterocycles. The van der Waals surface area contributed by atoms with E-state index in [0.29, 0.717) is 6.42 Å². The number of nitrogens with two attached hydrogens (primary N) is 1. The summed E-state index contributed by atoms with van der Waals surface area (Å²) in [6.45, 7) is 7.74. The van der Waals surface area contributed by atoms with E-state index in [-0.39, 0.29) is 5.91 Å². The van der Waals surface area contributed by atoms with Crippen molar-refractivity contribution in [3.8, 4) is 0 Å². The Bertz CT molecular complexity index is 669. The molecular weight excluding hydrogens is 376 g/mol. The van der Waals surface area contributed by atoms with E-state index in [9.17, 15) is 4.79 Å². The second-order valence-corrected chi connectivity index (χ2v) is 7.71. The summed E-state index contributed by atoms with van der Waals surface area (Å²) < 4.78 is 0. The fourth-order valence-electron chi connectivity index (χ4n) is 3.35. The van der Waals surface area contributed by atoms with Crippen LogP contribution in [0.15, 0.2) is 30.3 Å². The molecule has 2 rings (SSSR count). The third kappa shape index (κ3) is 10.7. The molecule has 30 heavy (non-hydrogen) atoms. The molecular formula is C23H40N6O. The van der Waals surface area contributed by atoms with E-state index in [1.165, 1.54) is 0 Å². The number of rotatable bonds is 18. The van der Waals surface area contributed by atoms with E-state index >= 15 is 0 Å². The molecule has 0 atom stereocenters. The first-order chi connectivity index (χ1) is 14.8. The number of hydrogen-bond acceptors (Lipinski definition) is 5. The Morgan fingerprint density at radius 3 is 2.07 bits per heavy atom. The number of aromatic amines is 1.